The smallest absolute Gasteiger partial charge is 0.0935 e. The predicted octanol–water partition coefficient (Wildman–Crippen LogP) is 0.428. The molecule has 2 aliphatic rings. The Bertz CT molecular complexity index is 213. The molecule has 0 amide bonds. The van der Waals surface area contributed by atoms with Gasteiger partial charge in [-0.25, -0.2) is 0 Å². The molecule has 0 spiro atoms. The molecule has 94 valence electrons. The zero-order valence-electron chi connectivity index (χ0n) is 10.5. The molecule has 4 nitrogen and oxygen atoms in total. The van der Waals surface area contributed by atoms with Gasteiger partial charge < -0.3 is 19.3 Å². The number of likely N-dealkylation sites (tertiary alicyclic amines) is 1. The molecule has 2 aliphatic heterocycles. The van der Waals surface area contributed by atoms with Gasteiger partial charge in [0.2, 0.25) is 0 Å². The molecule has 0 aliphatic carbocycles. The van der Waals surface area contributed by atoms with E-state index in [4.69, 9.17) is 9.47 Å². The predicted molar refractivity (Wildman–Crippen MR) is 63.7 cm³/mol. The maximum absolute atomic E-state index is 5.93. The standard InChI is InChI=1S/C12H24N2O2/c1-3-14-5-4-11(9-14)16-10-12-8-13(2)6-7-15-12/h11-12H,3-10H2,1-2H3. The second-order valence-corrected chi connectivity index (χ2v) is 4.89. The number of morpholine rings is 1. The second kappa shape index (κ2) is 5.96. The van der Waals surface area contributed by atoms with Gasteiger partial charge in [0.25, 0.3) is 0 Å². The van der Waals surface area contributed by atoms with Gasteiger partial charge in [-0.3, -0.25) is 0 Å². The third-order valence-electron chi connectivity index (χ3n) is 3.54. The van der Waals surface area contributed by atoms with Gasteiger partial charge in [0.05, 0.1) is 25.4 Å². The Balaban J connectivity index is 1.64. The Morgan fingerprint density at radius 3 is 2.88 bits per heavy atom. The van der Waals surface area contributed by atoms with Crippen LogP contribution >= 0.6 is 0 Å². The molecule has 0 aromatic rings. The maximum atomic E-state index is 5.93. The van der Waals surface area contributed by atoms with Gasteiger partial charge in [-0.15, -0.1) is 0 Å². The summed E-state index contributed by atoms with van der Waals surface area (Å²) in [5.74, 6) is 0. The van der Waals surface area contributed by atoms with E-state index in [1.807, 2.05) is 0 Å². The summed E-state index contributed by atoms with van der Waals surface area (Å²) in [6, 6.07) is 0. The Morgan fingerprint density at radius 1 is 1.31 bits per heavy atom. The highest BCUT2D eigenvalue weighted by molar-refractivity contribution is 4.76. The molecular weight excluding hydrogens is 204 g/mol. The van der Waals surface area contributed by atoms with Gasteiger partial charge in [0.15, 0.2) is 0 Å². The summed E-state index contributed by atoms with van der Waals surface area (Å²) in [4.78, 5) is 4.75. The van der Waals surface area contributed by atoms with Crippen molar-refractivity contribution in [2.75, 3.05) is 53.0 Å². The fraction of sp³-hybridized carbons (Fsp3) is 1.00. The molecule has 4 heteroatoms. The van der Waals surface area contributed by atoms with Crippen LogP contribution in [-0.4, -0.2) is 75.0 Å². The monoisotopic (exact) mass is 228 g/mol. The number of hydrogen-bond acceptors (Lipinski definition) is 4. The van der Waals surface area contributed by atoms with E-state index in [-0.39, 0.29) is 6.10 Å². The maximum Gasteiger partial charge on any atom is 0.0935 e. The van der Waals surface area contributed by atoms with Gasteiger partial charge >= 0.3 is 0 Å². The highest BCUT2D eigenvalue weighted by Crippen LogP contribution is 2.13. The zero-order valence-corrected chi connectivity index (χ0v) is 10.5. The Kier molecular flexibility index (Phi) is 4.58. The van der Waals surface area contributed by atoms with Crippen molar-refractivity contribution in [3.63, 3.8) is 0 Å². The summed E-state index contributed by atoms with van der Waals surface area (Å²) in [7, 11) is 2.14. The number of rotatable bonds is 4. The van der Waals surface area contributed by atoms with E-state index < -0.39 is 0 Å². The van der Waals surface area contributed by atoms with Gasteiger partial charge in [0.1, 0.15) is 0 Å². The SMILES string of the molecule is CCN1CCC(OCC2CN(C)CCO2)C1. The molecular formula is C12H24N2O2. The Morgan fingerprint density at radius 2 is 2.19 bits per heavy atom. The molecule has 0 aromatic heterocycles. The van der Waals surface area contributed by atoms with Gasteiger partial charge in [0, 0.05) is 26.2 Å². The first-order valence-electron chi connectivity index (χ1n) is 6.42. The summed E-state index contributed by atoms with van der Waals surface area (Å²) in [5.41, 5.74) is 0. The van der Waals surface area contributed by atoms with Crippen molar-refractivity contribution in [3.8, 4) is 0 Å². The highest BCUT2D eigenvalue weighted by atomic mass is 16.5. The molecule has 2 saturated heterocycles. The number of ether oxygens (including phenoxy) is 2. The molecule has 2 rings (SSSR count). The van der Waals surface area contributed by atoms with Crippen LogP contribution in [0.4, 0.5) is 0 Å². The quantitative estimate of drug-likeness (QED) is 0.696. The van der Waals surface area contributed by atoms with Crippen LogP contribution in [0.25, 0.3) is 0 Å². The Labute approximate surface area is 98.5 Å². The molecule has 2 heterocycles. The van der Waals surface area contributed by atoms with Crippen LogP contribution in [0.1, 0.15) is 13.3 Å². The lowest BCUT2D eigenvalue weighted by Crippen LogP contribution is -2.42. The molecule has 0 bridgehead atoms. The minimum atomic E-state index is 0.273. The number of likely N-dealkylation sites (N-methyl/N-ethyl adjacent to an activating group) is 2. The van der Waals surface area contributed by atoms with Crippen LogP contribution in [0.2, 0.25) is 0 Å². The van der Waals surface area contributed by atoms with Crippen molar-refractivity contribution in [1.82, 2.24) is 9.80 Å². The minimum absolute atomic E-state index is 0.273. The lowest BCUT2D eigenvalue weighted by atomic mass is 10.3. The van der Waals surface area contributed by atoms with Crippen LogP contribution in [0.5, 0.6) is 0 Å². The summed E-state index contributed by atoms with van der Waals surface area (Å²) in [6.07, 6.45) is 1.88. The third-order valence-corrected chi connectivity index (χ3v) is 3.54. The summed E-state index contributed by atoms with van der Waals surface area (Å²) < 4.78 is 11.6. The van der Waals surface area contributed by atoms with E-state index in [2.05, 4.69) is 23.8 Å². The molecule has 0 N–H and O–H groups in total. The minimum Gasteiger partial charge on any atom is -0.374 e. The summed E-state index contributed by atoms with van der Waals surface area (Å²) in [6.45, 7) is 9.28. The average Bonchev–Trinajstić information content (AvgIpc) is 2.74. The van der Waals surface area contributed by atoms with Crippen molar-refractivity contribution in [3.05, 3.63) is 0 Å². The van der Waals surface area contributed by atoms with E-state index in [1.54, 1.807) is 0 Å². The average molecular weight is 228 g/mol. The first kappa shape index (κ1) is 12.3. The summed E-state index contributed by atoms with van der Waals surface area (Å²) in [5, 5.41) is 0. The molecule has 2 atom stereocenters. The molecule has 0 aromatic carbocycles. The first-order valence-corrected chi connectivity index (χ1v) is 6.42. The zero-order chi connectivity index (χ0) is 11.4. The molecule has 16 heavy (non-hydrogen) atoms. The van der Waals surface area contributed by atoms with Crippen molar-refractivity contribution in [2.24, 2.45) is 0 Å². The number of nitrogens with zero attached hydrogens (tertiary/aromatic N) is 2. The third kappa shape index (κ3) is 3.42. The van der Waals surface area contributed by atoms with Crippen LogP contribution in [-0.2, 0) is 9.47 Å². The van der Waals surface area contributed by atoms with Gasteiger partial charge in [-0.1, -0.05) is 6.92 Å². The molecule has 2 unspecified atom stereocenters. The fourth-order valence-electron chi connectivity index (χ4n) is 2.43. The van der Waals surface area contributed by atoms with E-state index >= 15 is 0 Å². The fourth-order valence-corrected chi connectivity index (χ4v) is 2.43. The second-order valence-electron chi connectivity index (χ2n) is 4.89. The topological polar surface area (TPSA) is 24.9 Å². The van der Waals surface area contributed by atoms with Gasteiger partial charge in [-0.05, 0) is 20.0 Å². The van der Waals surface area contributed by atoms with Crippen molar-refractivity contribution in [2.45, 2.75) is 25.6 Å². The largest absolute Gasteiger partial charge is 0.374 e. The molecule has 0 saturated carbocycles. The van der Waals surface area contributed by atoms with Crippen LogP contribution in [0.3, 0.4) is 0 Å². The van der Waals surface area contributed by atoms with Crippen LogP contribution < -0.4 is 0 Å². The Hall–Kier alpha value is -0.160. The van der Waals surface area contributed by atoms with Crippen LogP contribution in [0, 0.1) is 0 Å². The van der Waals surface area contributed by atoms with Crippen molar-refractivity contribution in [1.29, 1.82) is 0 Å². The van der Waals surface area contributed by atoms with Gasteiger partial charge in [-0.2, -0.15) is 0 Å². The molecule has 2 fully saturated rings. The molecule has 0 radical (unpaired) electrons. The van der Waals surface area contributed by atoms with Crippen molar-refractivity contribution < 1.29 is 9.47 Å². The van der Waals surface area contributed by atoms with E-state index in [1.165, 1.54) is 13.0 Å². The van der Waals surface area contributed by atoms with Crippen LogP contribution in [0.15, 0.2) is 0 Å². The number of hydrogen-bond donors (Lipinski definition) is 0. The summed E-state index contributed by atoms with van der Waals surface area (Å²) >= 11 is 0. The van der Waals surface area contributed by atoms with E-state index in [0.717, 1.165) is 39.4 Å². The van der Waals surface area contributed by atoms with E-state index in [9.17, 15) is 0 Å². The first-order chi connectivity index (χ1) is 7.78. The van der Waals surface area contributed by atoms with Crippen molar-refractivity contribution >= 4 is 0 Å². The lowest BCUT2D eigenvalue weighted by Gasteiger charge is -2.30. The highest BCUT2D eigenvalue weighted by Gasteiger charge is 2.24. The normalized spacial score (nSPS) is 33.4. The van der Waals surface area contributed by atoms with E-state index in [0.29, 0.717) is 6.10 Å². The lowest BCUT2D eigenvalue weighted by molar-refractivity contribution is -0.0781.